The molecular weight excluding hydrogens is 258 g/mol. The number of carbonyl (C=O) groups excluding carboxylic acids is 1. The first-order valence-electron chi connectivity index (χ1n) is 5.35. The van der Waals surface area contributed by atoms with Gasteiger partial charge in [0.25, 0.3) is 0 Å². The molecule has 1 unspecified atom stereocenters. The first kappa shape index (κ1) is 12.8. The van der Waals surface area contributed by atoms with Gasteiger partial charge < -0.3 is 9.88 Å². The van der Waals surface area contributed by atoms with Crippen LogP contribution in [0, 0.1) is 5.92 Å². The summed E-state index contributed by atoms with van der Waals surface area (Å²) in [7, 11) is -3.61. The number of sulfonamides is 1. The van der Waals surface area contributed by atoms with Crippen molar-refractivity contribution in [3.63, 3.8) is 0 Å². The zero-order chi connectivity index (χ0) is 13.3. The van der Waals surface area contributed by atoms with E-state index in [0.29, 0.717) is 0 Å². The van der Waals surface area contributed by atoms with Crippen molar-refractivity contribution in [2.45, 2.75) is 6.42 Å². The summed E-state index contributed by atoms with van der Waals surface area (Å²) in [6, 6.07) is 1.32. The van der Waals surface area contributed by atoms with Crippen LogP contribution >= 0.6 is 0 Å². The first-order chi connectivity index (χ1) is 8.37. The molecule has 98 valence electrons. The van der Waals surface area contributed by atoms with E-state index in [2.05, 4.69) is 4.98 Å². The summed E-state index contributed by atoms with van der Waals surface area (Å²) >= 11 is 0. The maximum atomic E-state index is 11.8. The van der Waals surface area contributed by atoms with Crippen LogP contribution in [-0.4, -0.2) is 31.6 Å². The number of aromatic nitrogens is 1. The highest BCUT2D eigenvalue weighted by Crippen LogP contribution is 2.22. The van der Waals surface area contributed by atoms with Crippen molar-refractivity contribution in [3.8, 4) is 0 Å². The van der Waals surface area contributed by atoms with E-state index in [0.717, 1.165) is 0 Å². The minimum atomic E-state index is -3.61. The molecule has 0 aromatic carbocycles. The highest BCUT2D eigenvalue weighted by atomic mass is 32.2. The van der Waals surface area contributed by atoms with Gasteiger partial charge in [-0.15, -0.1) is 0 Å². The number of rotatable bonds is 3. The molecule has 1 amide bonds. The topological polar surface area (TPSA) is 113 Å². The molecule has 0 saturated carbocycles. The Hall–Kier alpha value is -1.67. The molecule has 1 fully saturated rings. The lowest BCUT2D eigenvalue weighted by molar-refractivity contribution is -0.117. The Morgan fingerprint density at radius 1 is 1.44 bits per heavy atom. The minimum absolute atomic E-state index is 0.0881. The minimum Gasteiger partial charge on any atom is -0.366 e. The largest absolute Gasteiger partial charge is 0.366 e. The molecular formula is C10H13N3O4S. The maximum Gasteiger partial charge on any atom is 0.227 e. The standard InChI is InChI=1S/C10H13N3O4S/c11-18(16,17)6-7-3-10(15)13(5-7)8-4-12-2-1-9(8)14/h1-2,4,7H,3,5-6H2,(H,12,14)(H2,11,16,17). The molecule has 1 aromatic heterocycles. The summed E-state index contributed by atoms with van der Waals surface area (Å²) in [6.07, 6.45) is 2.98. The number of hydrogen-bond acceptors (Lipinski definition) is 4. The maximum absolute atomic E-state index is 11.8. The number of H-pyrrole nitrogens is 1. The van der Waals surface area contributed by atoms with E-state index in [1.165, 1.54) is 23.4 Å². The third-order valence-corrected chi connectivity index (χ3v) is 3.70. The van der Waals surface area contributed by atoms with Crippen LogP contribution in [-0.2, 0) is 14.8 Å². The number of carbonyl (C=O) groups is 1. The Kier molecular flexibility index (Phi) is 3.22. The molecule has 3 N–H and O–H groups in total. The van der Waals surface area contributed by atoms with Crippen molar-refractivity contribution >= 4 is 21.6 Å². The third kappa shape index (κ3) is 2.77. The molecule has 0 aliphatic carbocycles. The van der Waals surface area contributed by atoms with Crippen LogP contribution in [0.5, 0.6) is 0 Å². The van der Waals surface area contributed by atoms with E-state index < -0.39 is 10.0 Å². The van der Waals surface area contributed by atoms with E-state index in [1.54, 1.807) is 0 Å². The van der Waals surface area contributed by atoms with Gasteiger partial charge in [-0.1, -0.05) is 0 Å². The molecule has 0 radical (unpaired) electrons. The third-order valence-electron chi connectivity index (χ3n) is 2.77. The summed E-state index contributed by atoms with van der Waals surface area (Å²) in [5, 5.41) is 4.95. The van der Waals surface area contributed by atoms with Crippen LogP contribution in [0.25, 0.3) is 0 Å². The van der Waals surface area contributed by atoms with Gasteiger partial charge in [-0.25, -0.2) is 13.6 Å². The van der Waals surface area contributed by atoms with Crippen LogP contribution in [0.15, 0.2) is 23.3 Å². The van der Waals surface area contributed by atoms with Crippen molar-refractivity contribution in [1.82, 2.24) is 4.98 Å². The SMILES string of the molecule is NS(=O)(=O)CC1CC(=O)N(c2c[nH]ccc2=O)C1. The van der Waals surface area contributed by atoms with Gasteiger partial charge in [0.15, 0.2) is 0 Å². The molecule has 2 heterocycles. The monoisotopic (exact) mass is 271 g/mol. The number of pyridine rings is 1. The molecule has 1 saturated heterocycles. The van der Waals surface area contributed by atoms with E-state index in [9.17, 15) is 18.0 Å². The zero-order valence-corrected chi connectivity index (χ0v) is 10.3. The molecule has 7 nitrogen and oxygen atoms in total. The molecule has 1 atom stereocenters. The molecule has 1 aliphatic heterocycles. The molecule has 8 heteroatoms. The number of hydrogen-bond donors (Lipinski definition) is 2. The van der Waals surface area contributed by atoms with Gasteiger partial charge in [0, 0.05) is 37.3 Å². The molecule has 0 spiro atoms. The quantitative estimate of drug-likeness (QED) is 0.735. The Balaban J connectivity index is 2.21. The van der Waals surface area contributed by atoms with Crippen molar-refractivity contribution < 1.29 is 13.2 Å². The van der Waals surface area contributed by atoms with Gasteiger partial charge in [-0.05, 0) is 0 Å². The van der Waals surface area contributed by atoms with Crippen molar-refractivity contribution in [2.75, 3.05) is 17.2 Å². The first-order valence-corrected chi connectivity index (χ1v) is 7.06. The number of nitrogens with one attached hydrogen (secondary N) is 1. The summed E-state index contributed by atoms with van der Waals surface area (Å²) in [5.74, 6) is -0.882. The normalized spacial score (nSPS) is 20.4. The highest BCUT2D eigenvalue weighted by Gasteiger charge is 2.33. The second-order valence-corrected chi connectivity index (χ2v) is 5.96. The van der Waals surface area contributed by atoms with E-state index in [-0.39, 0.29) is 41.7 Å². The Labute approximate surface area is 104 Å². The number of nitrogens with zero attached hydrogens (tertiary/aromatic N) is 1. The van der Waals surface area contributed by atoms with Gasteiger partial charge in [0.2, 0.25) is 21.4 Å². The smallest absolute Gasteiger partial charge is 0.227 e. The Morgan fingerprint density at radius 3 is 2.78 bits per heavy atom. The van der Waals surface area contributed by atoms with Gasteiger partial charge in [-0.2, -0.15) is 0 Å². The molecule has 1 aromatic rings. The molecule has 1 aliphatic rings. The lowest BCUT2D eigenvalue weighted by atomic mass is 10.1. The van der Waals surface area contributed by atoms with Crippen molar-refractivity contribution in [1.29, 1.82) is 0 Å². The lowest BCUT2D eigenvalue weighted by Crippen LogP contribution is -2.30. The van der Waals surface area contributed by atoms with Crippen molar-refractivity contribution in [3.05, 3.63) is 28.7 Å². The molecule has 18 heavy (non-hydrogen) atoms. The summed E-state index contributed by atoms with van der Waals surface area (Å²) in [4.78, 5) is 27.4. The van der Waals surface area contributed by atoms with Crippen LogP contribution in [0.2, 0.25) is 0 Å². The average Bonchev–Trinajstić information content (AvgIpc) is 2.57. The Bertz CT molecular complexity index is 622. The fourth-order valence-corrected chi connectivity index (χ4v) is 2.95. The number of amides is 1. The van der Waals surface area contributed by atoms with Crippen LogP contribution in [0.3, 0.4) is 0 Å². The van der Waals surface area contributed by atoms with Crippen LogP contribution in [0.4, 0.5) is 5.69 Å². The van der Waals surface area contributed by atoms with Crippen LogP contribution < -0.4 is 15.5 Å². The van der Waals surface area contributed by atoms with Gasteiger partial charge in [0.1, 0.15) is 5.69 Å². The molecule has 0 bridgehead atoms. The average molecular weight is 271 g/mol. The van der Waals surface area contributed by atoms with E-state index >= 15 is 0 Å². The predicted octanol–water partition coefficient (Wildman–Crippen LogP) is -0.984. The van der Waals surface area contributed by atoms with E-state index in [4.69, 9.17) is 5.14 Å². The van der Waals surface area contributed by atoms with Gasteiger partial charge in [0.05, 0.1) is 5.75 Å². The highest BCUT2D eigenvalue weighted by molar-refractivity contribution is 7.89. The van der Waals surface area contributed by atoms with Gasteiger partial charge >= 0.3 is 0 Å². The molecule has 2 rings (SSSR count). The van der Waals surface area contributed by atoms with E-state index in [1.807, 2.05) is 0 Å². The lowest BCUT2D eigenvalue weighted by Gasteiger charge is -2.15. The second-order valence-electron chi connectivity index (χ2n) is 4.30. The van der Waals surface area contributed by atoms with Crippen molar-refractivity contribution in [2.24, 2.45) is 11.1 Å². The number of nitrogens with two attached hydrogens (primary N) is 1. The van der Waals surface area contributed by atoms with Gasteiger partial charge in [-0.3, -0.25) is 9.59 Å². The number of anilines is 1. The summed E-state index contributed by atoms with van der Waals surface area (Å²) in [5.41, 5.74) is -0.0437. The zero-order valence-electron chi connectivity index (χ0n) is 9.50. The summed E-state index contributed by atoms with van der Waals surface area (Å²) < 4.78 is 22.0. The number of primary sulfonamides is 1. The fraction of sp³-hybridized carbons (Fsp3) is 0.400. The number of aromatic amines is 1. The predicted molar refractivity (Wildman–Crippen MR) is 65.5 cm³/mol. The Morgan fingerprint density at radius 2 is 2.17 bits per heavy atom. The fourth-order valence-electron chi connectivity index (χ4n) is 2.07. The van der Waals surface area contributed by atoms with Crippen LogP contribution in [0.1, 0.15) is 6.42 Å². The second kappa shape index (κ2) is 4.54. The summed E-state index contributed by atoms with van der Waals surface area (Å²) in [6.45, 7) is 0.197.